The van der Waals surface area contributed by atoms with Crippen LogP contribution in [0.4, 0.5) is 0 Å². The zero-order valence-electron chi connectivity index (χ0n) is 6.66. The molecule has 1 fully saturated rings. The molecule has 3 N–H and O–H groups in total. The molecule has 1 aliphatic rings. The molecule has 1 aliphatic heterocycles. The molecule has 0 aromatic carbocycles. The Labute approximate surface area is 70.4 Å². The summed E-state index contributed by atoms with van der Waals surface area (Å²) in [7, 11) is 0. The second-order valence-electron chi connectivity index (χ2n) is 3.05. The first-order valence-corrected chi connectivity index (χ1v) is 3.95. The molecule has 0 spiro atoms. The van der Waals surface area contributed by atoms with Gasteiger partial charge in [-0.2, -0.15) is 0 Å². The van der Waals surface area contributed by atoms with Crippen molar-refractivity contribution in [3.63, 3.8) is 0 Å². The number of nitrogens with zero attached hydrogens (tertiary/aromatic N) is 1. The van der Waals surface area contributed by atoms with Gasteiger partial charge in [-0.25, -0.2) is 0 Å². The van der Waals surface area contributed by atoms with Crippen LogP contribution in [0.1, 0.15) is 10.5 Å². The molecular formula is C8H11N3O. The minimum atomic E-state index is 0.0432. The van der Waals surface area contributed by atoms with Crippen molar-refractivity contribution in [3.8, 4) is 0 Å². The molecule has 0 saturated carbocycles. The van der Waals surface area contributed by atoms with E-state index >= 15 is 0 Å². The van der Waals surface area contributed by atoms with Gasteiger partial charge in [-0.15, -0.1) is 0 Å². The first kappa shape index (κ1) is 7.36. The molecule has 1 aromatic heterocycles. The maximum Gasteiger partial charge on any atom is 0.270 e. The van der Waals surface area contributed by atoms with Gasteiger partial charge in [0.05, 0.1) is 0 Å². The predicted octanol–water partition coefficient (Wildman–Crippen LogP) is -0.202. The number of H-pyrrole nitrogens is 1. The van der Waals surface area contributed by atoms with Crippen LogP contribution in [0.5, 0.6) is 0 Å². The lowest BCUT2D eigenvalue weighted by atomic mass is 10.1. The highest BCUT2D eigenvalue weighted by Crippen LogP contribution is 2.09. The van der Waals surface area contributed by atoms with Crippen molar-refractivity contribution in [2.45, 2.75) is 6.04 Å². The van der Waals surface area contributed by atoms with Gasteiger partial charge in [-0.3, -0.25) is 4.79 Å². The number of hydrogen-bond acceptors (Lipinski definition) is 2. The summed E-state index contributed by atoms with van der Waals surface area (Å²) in [4.78, 5) is 16.1. The fourth-order valence-corrected chi connectivity index (χ4v) is 1.31. The molecule has 1 aromatic rings. The lowest BCUT2D eigenvalue weighted by molar-refractivity contribution is 0.0602. The highest BCUT2D eigenvalue weighted by Gasteiger charge is 2.28. The van der Waals surface area contributed by atoms with Crippen LogP contribution in [0.2, 0.25) is 0 Å². The fraction of sp³-hybridized carbons (Fsp3) is 0.375. The standard InChI is InChI=1S/C8H11N3O/c9-6-4-11(5-6)8(12)7-2-1-3-10-7/h1-3,6,10H,4-5,9H2. The van der Waals surface area contributed by atoms with Gasteiger partial charge in [-0.05, 0) is 12.1 Å². The first-order valence-electron chi connectivity index (χ1n) is 3.95. The number of aromatic amines is 1. The summed E-state index contributed by atoms with van der Waals surface area (Å²) in [5.41, 5.74) is 6.20. The third-order valence-corrected chi connectivity index (χ3v) is 2.03. The Morgan fingerprint density at radius 1 is 1.67 bits per heavy atom. The molecule has 0 atom stereocenters. The molecule has 1 saturated heterocycles. The quantitative estimate of drug-likeness (QED) is 0.605. The van der Waals surface area contributed by atoms with Crippen molar-refractivity contribution < 1.29 is 4.79 Å². The smallest absolute Gasteiger partial charge is 0.270 e. The highest BCUT2D eigenvalue weighted by molar-refractivity contribution is 5.93. The summed E-state index contributed by atoms with van der Waals surface area (Å²) in [5, 5.41) is 0. The van der Waals surface area contributed by atoms with E-state index in [0.717, 1.165) is 0 Å². The number of nitrogens with one attached hydrogen (secondary N) is 1. The molecule has 1 amide bonds. The second-order valence-corrected chi connectivity index (χ2v) is 3.05. The van der Waals surface area contributed by atoms with Crippen LogP contribution in [-0.4, -0.2) is 34.9 Å². The van der Waals surface area contributed by atoms with E-state index in [4.69, 9.17) is 5.73 Å². The van der Waals surface area contributed by atoms with Crippen LogP contribution in [0, 0.1) is 0 Å². The maximum absolute atomic E-state index is 11.5. The fourth-order valence-electron chi connectivity index (χ4n) is 1.31. The topological polar surface area (TPSA) is 62.1 Å². The van der Waals surface area contributed by atoms with Crippen molar-refractivity contribution in [1.82, 2.24) is 9.88 Å². The third-order valence-electron chi connectivity index (χ3n) is 2.03. The number of aromatic nitrogens is 1. The van der Waals surface area contributed by atoms with Crippen molar-refractivity contribution >= 4 is 5.91 Å². The molecule has 2 rings (SSSR count). The molecule has 0 radical (unpaired) electrons. The molecule has 0 unspecified atom stereocenters. The summed E-state index contributed by atoms with van der Waals surface area (Å²) in [6, 6.07) is 3.75. The van der Waals surface area contributed by atoms with E-state index in [-0.39, 0.29) is 11.9 Å². The monoisotopic (exact) mass is 165 g/mol. The number of carbonyl (C=O) groups excluding carboxylic acids is 1. The lowest BCUT2D eigenvalue weighted by Crippen LogP contribution is -2.57. The van der Waals surface area contributed by atoms with Gasteiger partial charge >= 0.3 is 0 Å². The van der Waals surface area contributed by atoms with E-state index in [1.54, 1.807) is 17.2 Å². The minimum Gasteiger partial charge on any atom is -0.357 e. The summed E-state index contributed by atoms with van der Waals surface area (Å²) in [5.74, 6) is 0.0432. The second kappa shape index (κ2) is 2.64. The normalized spacial score (nSPS) is 17.6. The zero-order valence-corrected chi connectivity index (χ0v) is 6.66. The zero-order chi connectivity index (χ0) is 8.55. The average molecular weight is 165 g/mol. The number of carbonyl (C=O) groups is 1. The van der Waals surface area contributed by atoms with Crippen molar-refractivity contribution in [2.24, 2.45) is 5.73 Å². The minimum absolute atomic E-state index is 0.0432. The van der Waals surface area contributed by atoms with Crippen LogP contribution in [0.3, 0.4) is 0 Å². The summed E-state index contributed by atoms with van der Waals surface area (Å²) in [6.07, 6.45) is 1.74. The Bertz CT molecular complexity index is 275. The van der Waals surface area contributed by atoms with E-state index in [1.807, 2.05) is 6.07 Å². The Morgan fingerprint density at radius 3 is 2.92 bits per heavy atom. The van der Waals surface area contributed by atoms with Crippen LogP contribution in [0.25, 0.3) is 0 Å². The Kier molecular flexibility index (Phi) is 1.62. The van der Waals surface area contributed by atoms with Gasteiger partial charge in [0.2, 0.25) is 0 Å². The number of nitrogens with two attached hydrogens (primary N) is 1. The summed E-state index contributed by atoms with van der Waals surface area (Å²) >= 11 is 0. The van der Waals surface area contributed by atoms with Gasteiger partial charge in [0.25, 0.3) is 5.91 Å². The molecule has 64 valence electrons. The van der Waals surface area contributed by atoms with E-state index in [0.29, 0.717) is 18.8 Å². The van der Waals surface area contributed by atoms with Crippen LogP contribution in [-0.2, 0) is 0 Å². The summed E-state index contributed by atoms with van der Waals surface area (Å²) < 4.78 is 0. The maximum atomic E-state index is 11.5. The Balaban J connectivity index is 2.03. The van der Waals surface area contributed by atoms with Crippen molar-refractivity contribution in [3.05, 3.63) is 24.0 Å². The van der Waals surface area contributed by atoms with Crippen molar-refractivity contribution in [2.75, 3.05) is 13.1 Å². The van der Waals surface area contributed by atoms with Gasteiger partial charge in [-0.1, -0.05) is 0 Å². The predicted molar refractivity (Wildman–Crippen MR) is 44.7 cm³/mol. The highest BCUT2D eigenvalue weighted by atomic mass is 16.2. The van der Waals surface area contributed by atoms with Crippen LogP contribution >= 0.6 is 0 Å². The molecule has 4 nitrogen and oxygen atoms in total. The number of amides is 1. The van der Waals surface area contributed by atoms with Crippen molar-refractivity contribution in [1.29, 1.82) is 0 Å². The molecule has 12 heavy (non-hydrogen) atoms. The number of likely N-dealkylation sites (tertiary alicyclic amines) is 1. The van der Waals surface area contributed by atoms with Gasteiger partial charge < -0.3 is 15.6 Å². The summed E-state index contributed by atoms with van der Waals surface area (Å²) in [6.45, 7) is 1.36. The average Bonchev–Trinajstić information content (AvgIpc) is 2.49. The van der Waals surface area contributed by atoms with Crippen LogP contribution < -0.4 is 5.73 Å². The lowest BCUT2D eigenvalue weighted by Gasteiger charge is -2.36. The number of hydrogen-bond donors (Lipinski definition) is 2. The van der Waals surface area contributed by atoms with E-state index in [1.165, 1.54) is 0 Å². The van der Waals surface area contributed by atoms with Gasteiger partial charge in [0.1, 0.15) is 5.69 Å². The van der Waals surface area contributed by atoms with Crippen LogP contribution in [0.15, 0.2) is 18.3 Å². The third kappa shape index (κ3) is 1.10. The Morgan fingerprint density at radius 2 is 2.42 bits per heavy atom. The molecule has 0 aliphatic carbocycles. The van der Waals surface area contributed by atoms with E-state index in [2.05, 4.69) is 4.98 Å². The molecule has 4 heteroatoms. The van der Waals surface area contributed by atoms with Gasteiger partial charge in [0, 0.05) is 25.3 Å². The van der Waals surface area contributed by atoms with Gasteiger partial charge in [0.15, 0.2) is 0 Å². The molecule has 2 heterocycles. The van der Waals surface area contributed by atoms with E-state index in [9.17, 15) is 4.79 Å². The number of rotatable bonds is 1. The molecular weight excluding hydrogens is 154 g/mol. The molecule has 0 bridgehead atoms. The SMILES string of the molecule is NC1CN(C(=O)c2ccc[nH]2)C1. The first-order chi connectivity index (χ1) is 5.77. The largest absolute Gasteiger partial charge is 0.357 e. The van der Waals surface area contributed by atoms with E-state index < -0.39 is 0 Å². The Hall–Kier alpha value is -1.29.